The van der Waals surface area contributed by atoms with E-state index in [1.165, 1.54) is 0 Å². The van der Waals surface area contributed by atoms with Gasteiger partial charge in [-0.3, -0.25) is 0 Å². The number of ether oxygens (including phenoxy) is 1. The summed E-state index contributed by atoms with van der Waals surface area (Å²) in [4.78, 5) is 0. The van der Waals surface area contributed by atoms with Gasteiger partial charge in [-0.25, -0.2) is 0 Å². The van der Waals surface area contributed by atoms with Crippen LogP contribution in [0.3, 0.4) is 0 Å². The summed E-state index contributed by atoms with van der Waals surface area (Å²) in [6, 6.07) is 10.1. The lowest BCUT2D eigenvalue weighted by Crippen LogP contribution is -2.32. The van der Waals surface area contributed by atoms with Crippen molar-refractivity contribution < 1.29 is 4.74 Å². The smallest absolute Gasteiger partial charge is 0.149 e. The van der Waals surface area contributed by atoms with Crippen LogP contribution in [0, 0.1) is 0 Å². The van der Waals surface area contributed by atoms with Crippen LogP contribution < -0.4 is 10.1 Å². The lowest BCUT2D eigenvalue weighted by molar-refractivity contribution is 0.314. The van der Waals surface area contributed by atoms with E-state index in [-0.39, 0.29) is 6.04 Å². The lowest BCUT2D eigenvalue weighted by atomic mass is 10.2. The van der Waals surface area contributed by atoms with Gasteiger partial charge in [-0.1, -0.05) is 18.2 Å². The molecule has 1 aromatic carbocycles. The predicted molar refractivity (Wildman–Crippen MR) is 72.1 cm³/mol. The van der Waals surface area contributed by atoms with Crippen molar-refractivity contribution in [2.75, 3.05) is 13.2 Å². The largest absolute Gasteiger partial charge is 0.493 e. The first-order valence-corrected chi connectivity index (χ1v) is 6.68. The van der Waals surface area contributed by atoms with Crippen LogP contribution in [0.5, 0.6) is 5.75 Å². The van der Waals surface area contributed by atoms with E-state index in [1.807, 2.05) is 30.3 Å². The van der Waals surface area contributed by atoms with Gasteiger partial charge in [-0.05, 0) is 19.1 Å². The molecule has 1 aliphatic rings. The van der Waals surface area contributed by atoms with E-state index in [0.29, 0.717) is 6.61 Å². The fourth-order valence-electron chi connectivity index (χ4n) is 2.36. The number of benzene rings is 1. The fraction of sp³-hybridized carbons (Fsp3) is 0.429. The van der Waals surface area contributed by atoms with E-state index in [9.17, 15) is 0 Å². The molecule has 19 heavy (non-hydrogen) atoms. The molecule has 5 heteroatoms. The van der Waals surface area contributed by atoms with Crippen molar-refractivity contribution in [2.24, 2.45) is 0 Å². The number of para-hydroxylation sites is 1. The maximum atomic E-state index is 5.70. The first-order valence-electron chi connectivity index (χ1n) is 6.68. The third-order valence-electron chi connectivity index (χ3n) is 3.37. The van der Waals surface area contributed by atoms with Gasteiger partial charge in [0.25, 0.3) is 0 Å². The third kappa shape index (κ3) is 2.61. The number of fused-ring (bicyclic) bond motifs is 1. The van der Waals surface area contributed by atoms with Crippen molar-refractivity contribution in [3.05, 3.63) is 42.0 Å². The minimum absolute atomic E-state index is 0.282. The topological polar surface area (TPSA) is 52.0 Å². The van der Waals surface area contributed by atoms with E-state index in [0.717, 1.165) is 36.9 Å². The summed E-state index contributed by atoms with van der Waals surface area (Å²) in [7, 11) is 0. The molecule has 1 aromatic heterocycles. The van der Waals surface area contributed by atoms with Crippen molar-refractivity contribution in [1.82, 2.24) is 20.1 Å². The Morgan fingerprint density at radius 1 is 1.32 bits per heavy atom. The standard InChI is InChI=1S/C14H18N4O/c1-11-14-17-16-13(18(14)9-8-15-11)7-10-19-12-5-3-2-4-6-12/h2-6,11,15H,7-10H2,1H3. The van der Waals surface area contributed by atoms with Crippen LogP contribution in [0.2, 0.25) is 0 Å². The van der Waals surface area contributed by atoms with Gasteiger partial charge in [-0.2, -0.15) is 0 Å². The first kappa shape index (κ1) is 12.2. The van der Waals surface area contributed by atoms with E-state index >= 15 is 0 Å². The highest BCUT2D eigenvalue weighted by molar-refractivity contribution is 5.20. The molecule has 0 aliphatic carbocycles. The maximum absolute atomic E-state index is 5.70. The summed E-state index contributed by atoms with van der Waals surface area (Å²) in [5, 5.41) is 11.9. The van der Waals surface area contributed by atoms with Gasteiger partial charge in [0.1, 0.15) is 17.4 Å². The fourth-order valence-corrected chi connectivity index (χ4v) is 2.36. The van der Waals surface area contributed by atoms with Gasteiger partial charge in [0, 0.05) is 19.5 Å². The average Bonchev–Trinajstić information content (AvgIpc) is 2.85. The number of hydrogen-bond acceptors (Lipinski definition) is 4. The van der Waals surface area contributed by atoms with Crippen LogP contribution in [0.25, 0.3) is 0 Å². The molecule has 2 heterocycles. The summed E-state index contributed by atoms with van der Waals surface area (Å²) in [6.07, 6.45) is 0.786. The van der Waals surface area contributed by atoms with E-state index < -0.39 is 0 Å². The highest BCUT2D eigenvalue weighted by Gasteiger charge is 2.20. The molecule has 3 rings (SSSR count). The number of nitrogens with one attached hydrogen (secondary N) is 1. The second-order valence-electron chi connectivity index (χ2n) is 4.71. The Balaban J connectivity index is 1.62. The van der Waals surface area contributed by atoms with Crippen LogP contribution in [0.1, 0.15) is 24.6 Å². The van der Waals surface area contributed by atoms with E-state index in [2.05, 4.69) is 27.0 Å². The summed E-state index contributed by atoms with van der Waals surface area (Å²) < 4.78 is 7.90. The van der Waals surface area contributed by atoms with Gasteiger partial charge in [-0.15, -0.1) is 10.2 Å². The molecule has 1 aliphatic heterocycles. The number of nitrogens with zero attached hydrogens (tertiary/aromatic N) is 3. The molecule has 0 amide bonds. The zero-order chi connectivity index (χ0) is 13.1. The lowest BCUT2D eigenvalue weighted by Gasteiger charge is -2.21. The summed E-state index contributed by atoms with van der Waals surface area (Å²) in [6.45, 7) is 4.65. The summed E-state index contributed by atoms with van der Waals surface area (Å²) in [5.74, 6) is 2.94. The Morgan fingerprint density at radius 3 is 3.00 bits per heavy atom. The van der Waals surface area contributed by atoms with Gasteiger partial charge < -0.3 is 14.6 Å². The Bertz CT molecular complexity index is 538. The van der Waals surface area contributed by atoms with Crippen LogP contribution in [-0.2, 0) is 13.0 Å². The minimum atomic E-state index is 0.282. The molecule has 5 nitrogen and oxygen atoms in total. The quantitative estimate of drug-likeness (QED) is 0.904. The minimum Gasteiger partial charge on any atom is -0.493 e. The van der Waals surface area contributed by atoms with Crippen LogP contribution in [-0.4, -0.2) is 27.9 Å². The molecule has 1 N–H and O–H groups in total. The second-order valence-corrected chi connectivity index (χ2v) is 4.71. The van der Waals surface area contributed by atoms with Crippen LogP contribution in [0.15, 0.2) is 30.3 Å². The van der Waals surface area contributed by atoms with Gasteiger partial charge >= 0.3 is 0 Å². The van der Waals surface area contributed by atoms with E-state index in [4.69, 9.17) is 4.74 Å². The average molecular weight is 258 g/mol. The van der Waals surface area contributed by atoms with Gasteiger partial charge in [0.05, 0.1) is 12.6 Å². The molecular formula is C14H18N4O. The molecule has 1 atom stereocenters. The zero-order valence-corrected chi connectivity index (χ0v) is 11.0. The molecule has 0 fully saturated rings. The molecule has 100 valence electrons. The van der Waals surface area contributed by atoms with Crippen molar-refractivity contribution in [1.29, 1.82) is 0 Å². The van der Waals surface area contributed by atoms with Crippen LogP contribution in [0.4, 0.5) is 0 Å². The molecule has 0 radical (unpaired) electrons. The van der Waals surface area contributed by atoms with Crippen molar-refractivity contribution >= 4 is 0 Å². The van der Waals surface area contributed by atoms with E-state index in [1.54, 1.807) is 0 Å². The highest BCUT2D eigenvalue weighted by atomic mass is 16.5. The van der Waals surface area contributed by atoms with Gasteiger partial charge in [0.2, 0.25) is 0 Å². The maximum Gasteiger partial charge on any atom is 0.149 e. The van der Waals surface area contributed by atoms with Crippen molar-refractivity contribution in [2.45, 2.75) is 25.9 Å². The molecule has 0 saturated heterocycles. The zero-order valence-electron chi connectivity index (χ0n) is 11.0. The highest BCUT2D eigenvalue weighted by Crippen LogP contribution is 2.16. The Morgan fingerprint density at radius 2 is 2.16 bits per heavy atom. The Hall–Kier alpha value is -1.88. The molecule has 0 bridgehead atoms. The molecule has 1 unspecified atom stereocenters. The van der Waals surface area contributed by atoms with Crippen LogP contribution >= 0.6 is 0 Å². The Kier molecular flexibility index (Phi) is 3.46. The monoisotopic (exact) mass is 258 g/mol. The molecule has 2 aromatic rings. The number of hydrogen-bond donors (Lipinski definition) is 1. The summed E-state index contributed by atoms with van der Waals surface area (Å²) >= 11 is 0. The van der Waals surface area contributed by atoms with Gasteiger partial charge in [0.15, 0.2) is 0 Å². The van der Waals surface area contributed by atoms with Crippen molar-refractivity contribution in [3.8, 4) is 5.75 Å². The normalized spacial score (nSPS) is 18.1. The van der Waals surface area contributed by atoms with Crippen molar-refractivity contribution in [3.63, 3.8) is 0 Å². The first-order chi connectivity index (χ1) is 9.34. The molecule has 0 spiro atoms. The molecular weight excluding hydrogens is 240 g/mol. The SMILES string of the molecule is CC1NCCn2c(CCOc3ccccc3)nnc21. The predicted octanol–water partition coefficient (Wildman–Crippen LogP) is 1.56. The number of rotatable bonds is 4. The summed E-state index contributed by atoms with van der Waals surface area (Å²) in [5.41, 5.74) is 0. The Labute approximate surface area is 112 Å². The molecule has 0 saturated carbocycles. The second kappa shape index (κ2) is 5.40. The third-order valence-corrected chi connectivity index (χ3v) is 3.37. The number of aromatic nitrogens is 3.